The summed E-state index contributed by atoms with van der Waals surface area (Å²) in [4.78, 5) is 11.8. The van der Waals surface area contributed by atoms with Crippen molar-refractivity contribution in [3.05, 3.63) is 0 Å². The first-order valence-electron chi connectivity index (χ1n) is 5.67. The lowest BCUT2D eigenvalue weighted by molar-refractivity contribution is -0.121. The van der Waals surface area contributed by atoms with Crippen LogP contribution in [0.2, 0.25) is 0 Å². The molecule has 0 bridgehead atoms. The minimum Gasteiger partial charge on any atom is -0.352 e. The van der Waals surface area contributed by atoms with Crippen LogP contribution in [0.4, 0.5) is 0 Å². The van der Waals surface area contributed by atoms with Crippen LogP contribution in [0.3, 0.4) is 0 Å². The van der Waals surface area contributed by atoms with E-state index >= 15 is 0 Å². The molecule has 0 aromatic rings. The standard InChI is InChI=1S/C11H19NOS/c1-8-4-5-9(7-8)12-11(13)10-3-2-6-14-10/h8-10H,2-7H2,1H3,(H,12,13). The van der Waals surface area contributed by atoms with Crippen molar-refractivity contribution in [2.75, 3.05) is 5.75 Å². The van der Waals surface area contributed by atoms with Crippen molar-refractivity contribution in [3.8, 4) is 0 Å². The predicted molar refractivity (Wildman–Crippen MR) is 60.4 cm³/mol. The highest BCUT2D eigenvalue weighted by molar-refractivity contribution is 8.00. The Morgan fingerprint density at radius 2 is 2.21 bits per heavy atom. The summed E-state index contributed by atoms with van der Waals surface area (Å²) >= 11 is 1.82. The van der Waals surface area contributed by atoms with Crippen molar-refractivity contribution in [1.82, 2.24) is 5.32 Å². The summed E-state index contributed by atoms with van der Waals surface area (Å²) in [6.45, 7) is 2.27. The molecule has 1 amide bonds. The van der Waals surface area contributed by atoms with Gasteiger partial charge in [0.1, 0.15) is 0 Å². The molecule has 2 fully saturated rings. The van der Waals surface area contributed by atoms with Gasteiger partial charge in [-0.25, -0.2) is 0 Å². The summed E-state index contributed by atoms with van der Waals surface area (Å²) in [5, 5.41) is 3.45. The first-order chi connectivity index (χ1) is 6.75. The van der Waals surface area contributed by atoms with Gasteiger partial charge in [0.05, 0.1) is 5.25 Å². The SMILES string of the molecule is CC1CCC(NC(=O)C2CCCS2)C1. The molecule has 1 N–H and O–H groups in total. The van der Waals surface area contributed by atoms with Crippen LogP contribution in [0, 0.1) is 5.92 Å². The Morgan fingerprint density at radius 3 is 2.79 bits per heavy atom. The third-order valence-electron chi connectivity index (χ3n) is 3.26. The maximum absolute atomic E-state index is 11.8. The highest BCUT2D eigenvalue weighted by Crippen LogP contribution is 2.28. The molecule has 2 aliphatic rings. The van der Waals surface area contributed by atoms with Crippen LogP contribution in [0.15, 0.2) is 0 Å². The number of amides is 1. The molecule has 0 aromatic carbocycles. The fraction of sp³-hybridized carbons (Fsp3) is 0.909. The molecular weight excluding hydrogens is 194 g/mol. The van der Waals surface area contributed by atoms with Crippen LogP contribution in [0.5, 0.6) is 0 Å². The van der Waals surface area contributed by atoms with Crippen LogP contribution >= 0.6 is 11.8 Å². The van der Waals surface area contributed by atoms with Gasteiger partial charge in [-0.1, -0.05) is 6.92 Å². The highest BCUT2D eigenvalue weighted by atomic mass is 32.2. The van der Waals surface area contributed by atoms with Crippen molar-refractivity contribution >= 4 is 17.7 Å². The first kappa shape index (κ1) is 10.3. The normalized spacial score (nSPS) is 37.4. The van der Waals surface area contributed by atoms with Crippen molar-refractivity contribution in [1.29, 1.82) is 0 Å². The molecule has 14 heavy (non-hydrogen) atoms. The highest BCUT2D eigenvalue weighted by Gasteiger charge is 2.28. The monoisotopic (exact) mass is 213 g/mol. The van der Waals surface area contributed by atoms with Gasteiger partial charge in [0.25, 0.3) is 0 Å². The molecule has 1 heterocycles. The third-order valence-corrected chi connectivity index (χ3v) is 4.64. The van der Waals surface area contributed by atoms with Crippen molar-refractivity contribution in [3.63, 3.8) is 0 Å². The van der Waals surface area contributed by atoms with Gasteiger partial charge in [0.15, 0.2) is 0 Å². The molecule has 1 aliphatic heterocycles. The Morgan fingerprint density at radius 1 is 1.36 bits per heavy atom. The quantitative estimate of drug-likeness (QED) is 0.762. The van der Waals surface area contributed by atoms with E-state index in [1.54, 1.807) is 0 Å². The van der Waals surface area contributed by atoms with Crippen molar-refractivity contribution < 1.29 is 4.79 Å². The van der Waals surface area contributed by atoms with Gasteiger partial charge in [-0.05, 0) is 43.8 Å². The molecule has 1 aliphatic carbocycles. The second-order valence-corrected chi connectivity index (χ2v) is 5.94. The molecule has 1 saturated heterocycles. The number of rotatable bonds is 2. The average molecular weight is 213 g/mol. The van der Waals surface area contributed by atoms with E-state index in [2.05, 4.69) is 12.2 Å². The van der Waals surface area contributed by atoms with Gasteiger partial charge >= 0.3 is 0 Å². The number of nitrogens with one attached hydrogen (secondary N) is 1. The van der Waals surface area contributed by atoms with Gasteiger partial charge < -0.3 is 5.32 Å². The zero-order valence-electron chi connectivity index (χ0n) is 8.79. The van der Waals surface area contributed by atoms with Crippen LogP contribution in [-0.2, 0) is 4.79 Å². The van der Waals surface area contributed by atoms with E-state index in [0.717, 1.165) is 12.3 Å². The molecule has 3 heteroatoms. The summed E-state index contributed by atoms with van der Waals surface area (Å²) in [5.74, 6) is 2.27. The lowest BCUT2D eigenvalue weighted by Crippen LogP contribution is -2.38. The number of hydrogen-bond donors (Lipinski definition) is 1. The molecule has 0 radical (unpaired) electrons. The Hall–Kier alpha value is -0.180. The van der Waals surface area contributed by atoms with Crippen molar-refractivity contribution in [2.24, 2.45) is 5.92 Å². The largest absolute Gasteiger partial charge is 0.352 e. The fourth-order valence-electron chi connectivity index (χ4n) is 2.42. The molecule has 0 aromatic heterocycles. The molecule has 2 nitrogen and oxygen atoms in total. The Bertz CT molecular complexity index is 213. The average Bonchev–Trinajstić information content (AvgIpc) is 2.75. The summed E-state index contributed by atoms with van der Waals surface area (Å²) in [6, 6.07) is 0.471. The number of carbonyl (C=O) groups excluding carboxylic acids is 1. The van der Waals surface area contributed by atoms with Gasteiger partial charge in [0.2, 0.25) is 5.91 Å². The Kier molecular flexibility index (Phi) is 3.37. The third kappa shape index (κ3) is 2.44. The zero-order chi connectivity index (χ0) is 9.97. The van der Waals surface area contributed by atoms with Gasteiger partial charge in [-0.3, -0.25) is 4.79 Å². The molecule has 1 saturated carbocycles. The molecule has 2 rings (SSSR count). The first-order valence-corrected chi connectivity index (χ1v) is 6.72. The summed E-state index contributed by atoms with van der Waals surface area (Å²) in [7, 11) is 0. The molecular formula is C11H19NOS. The van der Waals surface area contributed by atoms with Gasteiger partial charge in [-0.15, -0.1) is 11.8 Å². The second kappa shape index (κ2) is 4.56. The minimum absolute atomic E-state index is 0.255. The van der Waals surface area contributed by atoms with E-state index in [0.29, 0.717) is 11.9 Å². The van der Waals surface area contributed by atoms with Crippen molar-refractivity contribution in [2.45, 2.75) is 50.3 Å². The maximum Gasteiger partial charge on any atom is 0.233 e. The minimum atomic E-state index is 0.255. The molecule has 3 unspecified atom stereocenters. The van der Waals surface area contributed by atoms with E-state index in [1.165, 1.54) is 31.4 Å². The Labute approximate surface area is 90.2 Å². The topological polar surface area (TPSA) is 29.1 Å². The predicted octanol–water partition coefficient (Wildman–Crippen LogP) is 2.19. The Balaban J connectivity index is 1.76. The van der Waals surface area contributed by atoms with E-state index in [1.807, 2.05) is 11.8 Å². The fourth-order valence-corrected chi connectivity index (χ4v) is 3.59. The van der Waals surface area contributed by atoms with Gasteiger partial charge in [0, 0.05) is 6.04 Å². The van der Waals surface area contributed by atoms with E-state index < -0.39 is 0 Å². The van der Waals surface area contributed by atoms with E-state index in [4.69, 9.17) is 0 Å². The number of hydrogen-bond acceptors (Lipinski definition) is 2. The van der Waals surface area contributed by atoms with Gasteiger partial charge in [-0.2, -0.15) is 0 Å². The number of thioether (sulfide) groups is 1. The molecule has 80 valence electrons. The molecule has 3 atom stereocenters. The van der Waals surface area contributed by atoms with Crippen LogP contribution in [0.1, 0.15) is 39.0 Å². The summed E-state index contributed by atoms with van der Waals surface area (Å²) < 4.78 is 0. The van der Waals surface area contributed by atoms with Crippen LogP contribution < -0.4 is 5.32 Å². The van der Waals surface area contributed by atoms with Crippen LogP contribution in [0.25, 0.3) is 0 Å². The second-order valence-electron chi connectivity index (χ2n) is 4.63. The zero-order valence-corrected chi connectivity index (χ0v) is 9.61. The van der Waals surface area contributed by atoms with E-state index in [-0.39, 0.29) is 5.25 Å². The molecule has 0 spiro atoms. The van der Waals surface area contributed by atoms with E-state index in [9.17, 15) is 4.79 Å². The summed E-state index contributed by atoms with van der Waals surface area (Å²) in [6.07, 6.45) is 5.94. The lowest BCUT2D eigenvalue weighted by atomic mass is 10.1. The maximum atomic E-state index is 11.8. The lowest BCUT2D eigenvalue weighted by Gasteiger charge is -2.15. The smallest absolute Gasteiger partial charge is 0.233 e. The number of carbonyl (C=O) groups is 1. The van der Waals surface area contributed by atoms with Crippen LogP contribution in [-0.4, -0.2) is 23.0 Å². The summed E-state index contributed by atoms with van der Waals surface area (Å²) in [5.41, 5.74) is 0.